The van der Waals surface area contributed by atoms with Crippen LogP contribution in [0.1, 0.15) is 22.9 Å². The van der Waals surface area contributed by atoms with Crippen molar-refractivity contribution in [2.24, 2.45) is 0 Å². The predicted octanol–water partition coefficient (Wildman–Crippen LogP) is 2.68. The summed E-state index contributed by atoms with van der Waals surface area (Å²) in [4.78, 5) is 39.1. The van der Waals surface area contributed by atoms with Gasteiger partial charge in [-0.25, -0.2) is 9.59 Å². The van der Waals surface area contributed by atoms with Gasteiger partial charge in [0.1, 0.15) is 17.6 Å². The first-order chi connectivity index (χ1) is 14.5. The lowest BCUT2D eigenvalue weighted by molar-refractivity contribution is -0.116. The minimum atomic E-state index is -0.623. The van der Waals surface area contributed by atoms with Gasteiger partial charge in [-0.05, 0) is 31.0 Å². The average molecular weight is 426 g/mol. The van der Waals surface area contributed by atoms with Gasteiger partial charge >= 0.3 is 11.8 Å². The molecule has 0 saturated heterocycles. The number of rotatable bonds is 4. The number of nitrogens with zero attached hydrogens (tertiary/aromatic N) is 3. The molecule has 0 fully saturated rings. The largest absolute Gasteiger partial charge is 0.450 e. The number of fused-ring (bicyclic) bond motifs is 2. The monoisotopic (exact) mass is 426 g/mol. The van der Waals surface area contributed by atoms with Gasteiger partial charge in [0, 0.05) is 11.4 Å². The Morgan fingerprint density at radius 2 is 2.17 bits per heavy atom. The van der Waals surface area contributed by atoms with Crippen molar-refractivity contribution in [1.29, 1.82) is 5.26 Å². The van der Waals surface area contributed by atoms with Gasteiger partial charge in [0.2, 0.25) is 5.91 Å². The lowest BCUT2D eigenvalue weighted by Gasteiger charge is -2.25. The molecule has 154 valence electrons. The Hall–Kier alpha value is -3.58. The Kier molecular flexibility index (Phi) is 5.29. The smallest absolute Gasteiger partial charge is 0.420 e. The molecule has 1 aliphatic heterocycles. The summed E-state index contributed by atoms with van der Waals surface area (Å²) in [5.74, 6) is -1.07. The standard InChI is InChI=1S/C20H18N4O5S/c1-2-28-19(26)23-8-7-12-13(9-21)18(30-16(12)10-23)22-17(25)11-24-14-5-3-4-6-15(14)29-20(24)27/h3-6H,2,7-8,10-11H2,1H3,(H,22,25). The molecule has 0 unspecified atom stereocenters. The summed E-state index contributed by atoms with van der Waals surface area (Å²) in [7, 11) is 0. The molecule has 2 amide bonds. The Morgan fingerprint density at radius 1 is 1.37 bits per heavy atom. The zero-order valence-electron chi connectivity index (χ0n) is 16.1. The molecular weight excluding hydrogens is 408 g/mol. The summed E-state index contributed by atoms with van der Waals surface area (Å²) in [5, 5.41) is 12.8. The highest BCUT2D eigenvalue weighted by atomic mass is 32.1. The Morgan fingerprint density at radius 3 is 2.93 bits per heavy atom. The summed E-state index contributed by atoms with van der Waals surface area (Å²) < 4.78 is 11.4. The van der Waals surface area contributed by atoms with Crippen LogP contribution in [0, 0.1) is 11.3 Å². The number of nitriles is 1. The van der Waals surface area contributed by atoms with E-state index in [4.69, 9.17) is 9.15 Å². The van der Waals surface area contributed by atoms with E-state index in [1.54, 1.807) is 36.1 Å². The fourth-order valence-corrected chi connectivity index (χ4v) is 4.68. The maximum Gasteiger partial charge on any atom is 0.420 e. The highest BCUT2D eigenvalue weighted by molar-refractivity contribution is 7.16. The molecule has 0 atom stereocenters. The molecule has 3 heterocycles. The van der Waals surface area contributed by atoms with Crippen molar-refractivity contribution in [3.63, 3.8) is 0 Å². The van der Waals surface area contributed by atoms with Crippen molar-refractivity contribution in [1.82, 2.24) is 9.47 Å². The second kappa shape index (κ2) is 8.04. The third-order valence-corrected chi connectivity index (χ3v) is 5.96. The average Bonchev–Trinajstić information content (AvgIpc) is 3.24. The molecule has 1 aliphatic rings. The molecule has 9 nitrogen and oxygen atoms in total. The lowest BCUT2D eigenvalue weighted by Crippen LogP contribution is -2.35. The summed E-state index contributed by atoms with van der Waals surface area (Å²) >= 11 is 1.26. The molecule has 0 aliphatic carbocycles. The van der Waals surface area contributed by atoms with Crippen molar-refractivity contribution >= 4 is 39.4 Å². The van der Waals surface area contributed by atoms with Gasteiger partial charge in [0.05, 0.1) is 24.2 Å². The van der Waals surface area contributed by atoms with E-state index in [1.165, 1.54) is 15.9 Å². The molecule has 10 heteroatoms. The van der Waals surface area contributed by atoms with Crippen LogP contribution in [0.5, 0.6) is 0 Å². The normalized spacial score (nSPS) is 13.0. The number of hydrogen-bond acceptors (Lipinski definition) is 7. The van der Waals surface area contributed by atoms with Crippen molar-refractivity contribution in [2.75, 3.05) is 18.5 Å². The minimum Gasteiger partial charge on any atom is -0.450 e. The topological polar surface area (TPSA) is 118 Å². The summed E-state index contributed by atoms with van der Waals surface area (Å²) in [6, 6.07) is 9.00. The number of amides is 2. The number of nitrogens with one attached hydrogen (secondary N) is 1. The van der Waals surface area contributed by atoms with Crippen LogP contribution in [0.3, 0.4) is 0 Å². The number of anilines is 1. The van der Waals surface area contributed by atoms with Gasteiger partial charge in [0.25, 0.3) is 0 Å². The number of oxazole rings is 1. The van der Waals surface area contributed by atoms with Crippen LogP contribution in [0.25, 0.3) is 11.1 Å². The number of hydrogen-bond donors (Lipinski definition) is 1. The van der Waals surface area contributed by atoms with Crippen molar-refractivity contribution in [3.05, 3.63) is 50.8 Å². The molecule has 0 saturated carbocycles. The van der Waals surface area contributed by atoms with E-state index in [9.17, 15) is 19.6 Å². The van der Waals surface area contributed by atoms with Crippen molar-refractivity contribution < 1.29 is 18.7 Å². The molecule has 2 aromatic heterocycles. The highest BCUT2D eigenvalue weighted by Crippen LogP contribution is 2.36. The van der Waals surface area contributed by atoms with E-state index in [2.05, 4.69) is 11.4 Å². The fourth-order valence-electron chi connectivity index (χ4n) is 3.45. The molecule has 1 aromatic carbocycles. The Labute approximate surface area is 175 Å². The van der Waals surface area contributed by atoms with E-state index in [-0.39, 0.29) is 6.54 Å². The number of carbonyl (C=O) groups is 2. The Bertz CT molecular complexity index is 1230. The summed E-state index contributed by atoms with van der Waals surface area (Å²) in [6.45, 7) is 2.57. The van der Waals surface area contributed by atoms with Crippen LogP contribution >= 0.6 is 11.3 Å². The molecule has 0 radical (unpaired) electrons. The van der Waals surface area contributed by atoms with E-state index >= 15 is 0 Å². The number of benzene rings is 1. The van der Waals surface area contributed by atoms with Gasteiger partial charge in [-0.15, -0.1) is 11.3 Å². The lowest BCUT2D eigenvalue weighted by atomic mass is 10.0. The van der Waals surface area contributed by atoms with E-state index in [1.807, 2.05) is 0 Å². The second-order valence-corrected chi connectivity index (χ2v) is 7.77. The SMILES string of the molecule is CCOC(=O)N1CCc2c(sc(NC(=O)Cn3c(=O)oc4ccccc43)c2C#N)C1. The maximum absolute atomic E-state index is 12.6. The maximum atomic E-state index is 12.6. The van der Waals surface area contributed by atoms with Crippen LogP contribution < -0.4 is 11.1 Å². The fraction of sp³-hybridized carbons (Fsp3) is 0.300. The van der Waals surface area contributed by atoms with Crippen LogP contribution in [0.4, 0.5) is 9.80 Å². The summed E-state index contributed by atoms with van der Waals surface area (Å²) in [5.41, 5.74) is 2.16. The first-order valence-corrected chi connectivity index (χ1v) is 10.2. The third-order valence-electron chi connectivity index (χ3n) is 4.82. The molecule has 0 bridgehead atoms. The van der Waals surface area contributed by atoms with E-state index in [0.29, 0.717) is 47.8 Å². The predicted molar refractivity (Wildman–Crippen MR) is 109 cm³/mol. The first kappa shape index (κ1) is 19.7. The zero-order chi connectivity index (χ0) is 21.3. The third kappa shape index (κ3) is 3.55. The molecule has 30 heavy (non-hydrogen) atoms. The van der Waals surface area contributed by atoms with Gasteiger partial charge in [0.15, 0.2) is 5.58 Å². The van der Waals surface area contributed by atoms with Gasteiger partial charge in [-0.1, -0.05) is 12.1 Å². The highest BCUT2D eigenvalue weighted by Gasteiger charge is 2.28. The van der Waals surface area contributed by atoms with Crippen molar-refractivity contribution in [3.8, 4) is 6.07 Å². The van der Waals surface area contributed by atoms with Crippen LogP contribution in [-0.2, 0) is 29.0 Å². The first-order valence-electron chi connectivity index (χ1n) is 9.36. The molecule has 0 spiro atoms. The minimum absolute atomic E-state index is 0.238. The van der Waals surface area contributed by atoms with Crippen LogP contribution in [-0.4, -0.2) is 34.6 Å². The van der Waals surface area contributed by atoms with Gasteiger partial charge < -0.3 is 19.4 Å². The number of para-hydroxylation sites is 2. The van der Waals surface area contributed by atoms with Crippen molar-refractivity contribution in [2.45, 2.75) is 26.4 Å². The van der Waals surface area contributed by atoms with Gasteiger partial charge in [-0.3, -0.25) is 9.36 Å². The number of carbonyl (C=O) groups excluding carboxylic acids is 2. The quantitative estimate of drug-likeness (QED) is 0.685. The van der Waals surface area contributed by atoms with Crippen LogP contribution in [0.15, 0.2) is 33.5 Å². The zero-order valence-corrected chi connectivity index (χ0v) is 17.0. The van der Waals surface area contributed by atoms with Crippen LogP contribution in [0.2, 0.25) is 0 Å². The number of ether oxygens (including phenoxy) is 1. The second-order valence-electron chi connectivity index (χ2n) is 6.66. The molecule has 4 rings (SSSR count). The molecular formula is C20H18N4O5S. The van der Waals surface area contributed by atoms with E-state index < -0.39 is 17.8 Å². The number of thiophene rings is 1. The number of aromatic nitrogens is 1. The van der Waals surface area contributed by atoms with E-state index in [0.717, 1.165) is 10.4 Å². The molecule has 3 aromatic rings. The van der Waals surface area contributed by atoms with Gasteiger partial charge in [-0.2, -0.15) is 5.26 Å². The molecule has 1 N–H and O–H groups in total. The summed E-state index contributed by atoms with van der Waals surface area (Å²) in [6.07, 6.45) is 0.113. The Balaban J connectivity index is 1.54.